The van der Waals surface area contributed by atoms with Crippen LogP contribution in [0, 0.1) is 6.07 Å². The fourth-order valence-corrected chi connectivity index (χ4v) is 3.41. The summed E-state index contributed by atoms with van der Waals surface area (Å²) in [5, 5.41) is 0. The van der Waals surface area contributed by atoms with E-state index in [9.17, 15) is 0 Å². The molecule has 4 aromatic rings. The van der Waals surface area contributed by atoms with Gasteiger partial charge in [-0.15, -0.1) is 17.7 Å². The minimum Gasteiger partial charge on any atom is -0.496 e. The van der Waals surface area contributed by atoms with Gasteiger partial charge in [-0.05, 0) is 5.69 Å². The fraction of sp³-hybridized carbons (Fsp3) is 0.200. The van der Waals surface area contributed by atoms with Gasteiger partial charge in [-0.2, -0.15) is 9.97 Å². The maximum absolute atomic E-state index is 5.84. The predicted molar refractivity (Wildman–Crippen MR) is 122 cm³/mol. The van der Waals surface area contributed by atoms with Crippen LogP contribution in [0.15, 0.2) is 60.8 Å². The molecule has 33 heavy (non-hydrogen) atoms. The molecule has 0 saturated heterocycles. The first-order valence-corrected chi connectivity index (χ1v) is 10.3. The summed E-state index contributed by atoms with van der Waals surface area (Å²) in [6.07, 6.45) is 1.77. The van der Waals surface area contributed by atoms with E-state index in [0.717, 1.165) is 22.4 Å². The minimum atomic E-state index is -0.675. The quantitative estimate of drug-likeness (QED) is 0.310. The Labute approximate surface area is 206 Å². The van der Waals surface area contributed by atoms with Crippen molar-refractivity contribution < 1.29 is 29.6 Å². The van der Waals surface area contributed by atoms with Gasteiger partial charge in [0.15, 0.2) is 11.6 Å². The van der Waals surface area contributed by atoms with E-state index in [1.54, 1.807) is 12.3 Å². The van der Waals surface area contributed by atoms with Gasteiger partial charge in [0.1, 0.15) is 0 Å². The number of pyridine rings is 1. The normalized spacial score (nSPS) is 13.3. The van der Waals surface area contributed by atoms with Gasteiger partial charge in [0.25, 0.3) is 0 Å². The van der Waals surface area contributed by atoms with Crippen LogP contribution in [0.4, 0.5) is 5.95 Å². The SMILES string of the molecule is CN(C)c1nc(-c2ccccc2)nc(-c2ccc(-c3[c-]cc4c(c3)OC(C)(C)O4)nc2)n1.[Ir]. The first-order valence-electron chi connectivity index (χ1n) is 10.3. The van der Waals surface area contributed by atoms with E-state index in [1.165, 1.54) is 0 Å². The van der Waals surface area contributed by atoms with Crippen molar-refractivity contribution in [1.82, 2.24) is 19.9 Å². The van der Waals surface area contributed by atoms with Crippen molar-refractivity contribution in [2.24, 2.45) is 0 Å². The Kier molecular flexibility index (Phi) is 6.15. The Bertz CT molecular complexity index is 1280. The molecule has 8 heteroatoms. The third kappa shape index (κ3) is 4.72. The molecule has 169 valence electrons. The van der Waals surface area contributed by atoms with Crippen molar-refractivity contribution in [2.45, 2.75) is 19.6 Å². The smallest absolute Gasteiger partial charge is 0.234 e. The molecule has 2 aromatic heterocycles. The molecule has 1 aliphatic heterocycles. The first-order chi connectivity index (χ1) is 15.4. The van der Waals surface area contributed by atoms with Gasteiger partial charge >= 0.3 is 0 Å². The van der Waals surface area contributed by atoms with Crippen LogP contribution in [-0.4, -0.2) is 39.8 Å². The van der Waals surface area contributed by atoms with Crippen molar-refractivity contribution in [3.63, 3.8) is 0 Å². The number of aromatic nitrogens is 4. The summed E-state index contributed by atoms with van der Waals surface area (Å²) >= 11 is 0. The monoisotopic (exact) mass is 617 g/mol. The molecule has 1 radical (unpaired) electrons. The number of fused-ring (bicyclic) bond motifs is 1. The van der Waals surface area contributed by atoms with Gasteiger partial charge in [0.05, 0.1) is 11.5 Å². The Morgan fingerprint density at radius 3 is 2.21 bits per heavy atom. The first kappa shape index (κ1) is 22.8. The van der Waals surface area contributed by atoms with Crippen LogP contribution in [0.2, 0.25) is 0 Å². The van der Waals surface area contributed by atoms with E-state index < -0.39 is 5.79 Å². The maximum atomic E-state index is 5.84. The van der Waals surface area contributed by atoms with E-state index in [1.807, 2.05) is 81.4 Å². The summed E-state index contributed by atoms with van der Waals surface area (Å²) in [5.74, 6) is 2.48. The van der Waals surface area contributed by atoms with Crippen molar-refractivity contribution in [3.05, 3.63) is 66.9 Å². The number of hydrogen-bond donors (Lipinski definition) is 0. The second-order valence-electron chi connectivity index (χ2n) is 8.15. The molecule has 0 fully saturated rings. The molecular formula is C25H22IrN5O2-. The van der Waals surface area contributed by atoms with Crippen molar-refractivity contribution >= 4 is 5.95 Å². The van der Waals surface area contributed by atoms with Crippen molar-refractivity contribution in [1.29, 1.82) is 0 Å². The number of rotatable bonds is 4. The van der Waals surface area contributed by atoms with Crippen LogP contribution in [0.5, 0.6) is 11.5 Å². The van der Waals surface area contributed by atoms with E-state index in [2.05, 4.69) is 26.0 Å². The number of ether oxygens (including phenoxy) is 2. The zero-order valence-electron chi connectivity index (χ0n) is 18.7. The van der Waals surface area contributed by atoms with Gasteiger partial charge in [-0.1, -0.05) is 48.5 Å². The zero-order valence-corrected chi connectivity index (χ0v) is 21.1. The second-order valence-corrected chi connectivity index (χ2v) is 8.15. The van der Waals surface area contributed by atoms with Crippen molar-refractivity contribution in [3.8, 4) is 45.5 Å². The summed E-state index contributed by atoms with van der Waals surface area (Å²) in [5.41, 5.74) is 3.33. The fourth-order valence-electron chi connectivity index (χ4n) is 3.41. The average Bonchev–Trinajstić information content (AvgIpc) is 3.12. The topological polar surface area (TPSA) is 73.3 Å². The predicted octanol–water partition coefficient (Wildman–Crippen LogP) is 4.64. The summed E-state index contributed by atoms with van der Waals surface area (Å²) in [4.78, 5) is 20.4. The zero-order chi connectivity index (χ0) is 22.3. The molecule has 0 aliphatic carbocycles. The van der Waals surface area contributed by atoms with Crippen LogP contribution in [0.25, 0.3) is 34.0 Å². The summed E-state index contributed by atoms with van der Waals surface area (Å²) < 4.78 is 11.6. The molecule has 2 aromatic carbocycles. The summed E-state index contributed by atoms with van der Waals surface area (Å²) in [6, 6.07) is 20.6. The summed E-state index contributed by atoms with van der Waals surface area (Å²) in [7, 11) is 3.82. The molecule has 0 saturated carbocycles. The van der Waals surface area contributed by atoms with Crippen molar-refractivity contribution in [2.75, 3.05) is 19.0 Å². The third-order valence-corrected chi connectivity index (χ3v) is 4.94. The molecule has 0 spiro atoms. The molecule has 0 amide bonds. The number of benzene rings is 2. The maximum Gasteiger partial charge on any atom is 0.234 e. The number of nitrogens with zero attached hydrogens (tertiary/aromatic N) is 5. The van der Waals surface area contributed by atoms with Crippen LogP contribution in [0.3, 0.4) is 0 Å². The van der Waals surface area contributed by atoms with E-state index in [4.69, 9.17) is 9.47 Å². The van der Waals surface area contributed by atoms with Crippen LogP contribution < -0.4 is 14.4 Å². The number of hydrogen-bond acceptors (Lipinski definition) is 7. The number of anilines is 1. The van der Waals surface area contributed by atoms with Gasteiger partial charge in [0.2, 0.25) is 11.7 Å². The average molecular weight is 617 g/mol. The third-order valence-electron chi connectivity index (χ3n) is 4.94. The molecule has 0 bridgehead atoms. The molecule has 0 N–H and O–H groups in total. The summed E-state index contributed by atoms with van der Waals surface area (Å²) in [6.45, 7) is 3.75. The van der Waals surface area contributed by atoms with Crippen LogP contribution in [-0.2, 0) is 20.1 Å². The van der Waals surface area contributed by atoms with E-state index in [0.29, 0.717) is 29.1 Å². The molecule has 1 aliphatic rings. The molecule has 5 rings (SSSR count). The standard InChI is InChI=1S/C25H22N5O2.Ir/c1-25(2)31-20-13-11-17(14-21(20)32-25)19-12-10-18(15-26-19)23-27-22(16-8-6-5-7-9-16)28-24(29-23)30(3)4;/h5-10,12-15H,1-4H3;/q-1;. The van der Waals surface area contributed by atoms with Crippen LogP contribution >= 0.6 is 0 Å². The van der Waals surface area contributed by atoms with E-state index in [-0.39, 0.29) is 20.1 Å². The van der Waals surface area contributed by atoms with Crippen LogP contribution in [0.1, 0.15) is 13.8 Å². The van der Waals surface area contributed by atoms with Gasteiger partial charge in [-0.25, -0.2) is 4.98 Å². The Balaban J connectivity index is 0.00000259. The van der Waals surface area contributed by atoms with E-state index >= 15 is 0 Å². The molecular weight excluding hydrogens is 595 g/mol. The van der Waals surface area contributed by atoms with Gasteiger partial charge < -0.3 is 19.4 Å². The molecule has 3 heterocycles. The molecule has 7 nitrogen and oxygen atoms in total. The molecule has 0 unspecified atom stereocenters. The van der Waals surface area contributed by atoms with Gasteiger partial charge in [-0.3, -0.25) is 0 Å². The Morgan fingerprint density at radius 1 is 0.848 bits per heavy atom. The Hall–Kier alpha value is -3.35. The minimum absolute atomic E-state index is 0. The largest absolute Gasteiger partial charge is 0.496 e. The Morgan fingerprint density at radius 2 is 1.55 bits per heavy atom. The second kappa shape index (κ2) is 8.89. The molecule has 0 atom stereocenters. The van der Waals surface area contributed by atoms with Gasteiger partial charge in [0, 0.05) is 65.4 Å².